The number of hydrogen-bond donors (Lipinski definition) is 2. The summed E-state index contributed by atoms with van der Waals surface area (Å²) in [6.07, 6.45) is 4.95. The highest BCUT2D eigenvalue weighted by Crippen LogP contribution is 2.38. The van der Waals surface area contributed by atoms with Crippen molar-refractivity contribution in [3.63, 3.8) is 0 Å². The molecule has 2 rings (SSSR count). The molecule has 1 aromatic carbocycles. The Balaban J connectivity index is 2.24. The lowest BCUT2D eigenvalue weighted by molar-refractivity contribution is 0.380. The second-order valence-corrected chi connectivity index (χ2v) is 4.50. The summed E-state index contributed by atoms with van der Waals surface area (Å²) in [4.78, 5) is 0. The topological polar surface area (TPSA) is 55.5 Å². The Hall–Kier alpha value is -1.22. The van der Waals surface area contributed by atoms with Crippen LogP contribution in [0.15, 0.2) is 18.2 Å². The zero-order valence-electron chi connectivity index (χ0n) is 9.65. The summed E-state index contributed by atoms with van der Waals surface area (Å²) in [5.41, 5.74) is 7.27. The molecule has 1 atom stereocenters. The second kappa shape index (κ2) is 4.74. The van der Waals surface area contributed by atoms with Crippen LogP contribution in [0.1, 0.15) is 37.3 Å². The average Bonchev–Trinajstić information content (AvgIpc) is 2.81. The van der Waals surface area contributed by atoms with Gasteiger partial charge in [-0.05, 0) is 24.8 Å². The molecule has 0 spiro atoms. The Morgan fingerprint density at radius 2 is 2.06 bits per heavy atom. The van der Waals surface area contributed by atoms with Gasteiger partial charge in [0.2, 0.25) is 0 Å². The molecule has 0 aromatic heterocycles. The molecule has 0 amide bonds. The van der Waals surface area contributed by atoms with Crippen molar-refractivity contribution in [2.75, 3.05) is 7.11 Å². The normalized spacial score (nSPS) is 18.6. The van der Waals surface area contributed by atoms with E-state index in [9.17, 15) is 5.11 Å². The Morgan fingerprint density at radius 3 is 2.69 bits per heavy atom. The van der Waals surface area contributed by atoms with Crippen molar-refractivity contribution in [3.8, 4) is 11.5 Å². The highest BCUT2D eigenvalue weighted by molar-refractivity contribution is 5.42. The highest BCUT2D eigenvalue weighted by Gasteiger charge is 2.25. The van der Waals surface area contributed by atoms with E-state index >= 15 is 0 Å². The van der Waals surface area contributed by atoms with Crippen LogP contribution in [0.2, 0.25) is 0 Å². The lowest BCUT2D eigenvalue weighted by Crippen LogP contribution is -2.19. The second-order valence-electron chi connectivity index (χ2n) is 4.50. The molecule has 3 N–H and O–H groups in total. The van der Waals surface area contributed by atoms with Crippen LogP contribution in [0, 0.1) is 5.92 Å². The minimum Gasteiger partial charge on any atom is -0.508 e. The van der Waals surface area contributed by atoms with Gasteiger partial charge in [-0.2, -0.15) is 0 Å². The van der Waals surface area contributed by atoms with Crippen molar-refractivity contribution in [1.29, 1.82) is 0 Å². The van der Waals surface area contributed by atoms with E-state index in [2.05, 4.69) is 0 Å². The molecule has 0 unspecified atom stereocenters. The number of phenolic OH excluding ortho intramolecular Hbond substituents is 1. The largest absolute Gasteiger partial charge is 0.508 e. The van der Waals surface area contributed by atoms with Gasteiger partial charge in [-0.3, -0.25) is 0 Å². The van der Waals surface area contributed by atoms with Gasteiger partial charge in [-0.25, -0.2) is 0 Å². The number of ether oxygens (including phenoxy) is 1. The molecule has 0 bridgehead atoms. The van der Waals surface area contributed by atoms with Gasteiger partial charge in [0.25, 0.3) is 0 Å². The molecule has 1 aliphatic rings. The number of phenols is 1. The molecule has 0 aliphatic heterocycles. The van der Waals surface area contributed by atoms with Crippen LogP contribution in [0.5, 0.6) is 11.5 Å². The van der Waals surface area contributed by atoms with Gasteiger partial charge in [0.05, 0.1) is 7.11 Å². The van der Waals surface area contributed by atoms with Crippen molar-refractivity contribution in [2.24, 2.45) is 11.7 Å². The number of hydrogen-bond acceptors (Lipinski definition) is 3. The molecule has 3 nitrogen and oxygen atoms in total. The van der Waals surface area contributed by atoms with E-state index in [0.717, 1.165) is 5.56 Å². The van der Waals surface area contributed by atoms with Gasteiger partial charge in [0.15, 0.2) is 0 Å². The maximum Gasteiger partial charge on any atom is 0.127 e. The molecule has 1 fully saturated rings. The number of methoxy groups -OCH3 is 1. The Kier molecular flexibility index (Phi) is 3.34. The van der Waals surface area contributed by atoms with E-state index in [4.69, 9.17) is 10.5 Å². The van der Waals surface area contributed by atoms with Crippen LogP contribution in [0.3, 0.4) is 0 Å². The fourth-order valence-electron chi connectivity index (χ4n) is 2.55. The van der Waals surface area contributed by atoms with Crippen molar-refractivity contribution < 1.29 is 9.84 Å². The van der Waals surface area contributed by atoms with Crippen LogP contribution < -0.4 is 10.5 Å². The highest BCUT2D eigenvalue weighted by atomic mass is 16.5. The van der Waals surface area contributed by atoms with Crippen LogP contribution in [-0.2, 0) is 0 Å². The lowest BCUT2D eigenvalue weighted by Gasteiger charge is -2.21. The first-order chi connectivity index (χ1) is 7.72. The van der Waals surface area contributed by atoms with Gasteiger partial charge < -0.3 is 15.6 Å². The molecule has 0 heterocycles. The quantitative estimate of drug-likeness (QED) is 0.824. The van der Waals surface area contributed by atoms with Crippen molar-refractivity contribution in [1.82, 2.24) is 0 Å². The van der Waals surface area contributed by atoms with Crippen LogP contribution in [0.4, 0.5) is 0 Å². The van der Waals surface area contributed by atoms with Gasteiger partial charge >= 0.3 is 0 Å². The summed E-state index contributed by atoms with van der Waals surface area (Å²) in [5, 5.41) is 9.39. The summed E-state index contributed by atoms with van der Waals surface area (Å²) in [6, 6.07) is 5.20. The fraction of sp³-hybridized carbons (Fsp3) is 0.538. The number of rotatable bonds is 3. The number of nitrogens with two attached hydrogens (primary N) is 1. The van der Waals surface area contributed by atoms with E-state index in [-0.39, 0.29) is 11.8 Å². The first-order valence-electron chi connectivity index (χ1n) is 5.85. The summed E-state index contributed by atoms with van der Waals surface area (Å²) in [6.45, 7) is 0. The molecule has 0 radical (unpaired) electrons. The minimum atomic E-state index is 0.0260. The summed E-state index contributed by atoms with van der Waals surface area (Å²) in [7, 11) is 1.61. The lowest BCUT2D eigenvalue weighted by atomic mass is 9.92. The Bertz CT molecular complexity index is 359. The SMILES string of the molecule is COc1cc(O)ccc1[C@H](N)C1CCCC1. The number of benzene rings is 1. The van der Waals surface area contributed by atoms with Gasteiger partial charge in [-0.1, -0.05) is 18.9 Å². The maximum atomic E-state index is 9.39. The molecule has 88 valence electrons. The predicted octanol–water partition coefficient (Wildman–Crippen LogP) is 2.59. The van der Waals surface area contributed by atoms with E-state index in [1.807, 2.05) is 6.07 Å². The standard InChI is InChI=1S/C13H19NO2/c1-16-12-8-10(15)6-7-11(12)13(14)9-4-2-3-5-9/h6-9,13,15H,2-5,14H2,1H3/t13-/m1/s1. The van der Waals surface area contributed by atoms with Gasteiger partial charge in [0, 0.05) is 17.7 Å². The third-order valence-corrected chi connectivity index (χ3v) is 3.48. The summed E-state index contributed by atoms with van der Waals surface area (Å²) >= 11 is 0. The average molecular weight is 221 g/mol. The molecule has 3 heteroatoms. The molecule has 1 aliphatic carbocycles. The maximum absolute atomic E-state index is 9.39. The van der Waals surface area contributed by atoms with Crippen molar-refractivity contribution in [2.45, 2.75) is 31.7 Å². The Labute approximate surface area is 96.2 Å². The third-order valence-electron chi connectivity index (χ3n) is 3.48. The van der Waals surface area contributed by atoms with Crippen molar-refractivity contribution in [3.05, 3.63) is 23.8 Å². The van der Waals surface area contributed by atoms with E-state index < -0.39 is 0 Å². The molecule has 1 aromatic rings. The van der Waals surface area contributed by atoms with Crippen LogP contribution in [0.25, 0.3) is 0 Å². The Morgan fingerprint density at radius 1 is 1.38 bits per heavy atom. The zero-order chi connectivity index (χ0) is 11.5. The molecule has 1 saturated carbocycles. The third kappa shape index (κ3) is 2.14. The predicted molar refractivity (Wildman–Crippen MR) is 63.5 cm³/mol. The smallest absolute Gasteiger partial charge is 0.127 e. The summed E-state index contributed by atoms with van der Waals surface area (Å²) in [5.74, 6) is 1.47. The molecule has 0 saturated heterocycles. The molecular formula is C13H19NO2. The van der Waals surface area contributed by atoms with E-state index in [1.165, 1.54) is 25.7 Å². The van der Waals surface area contributed by atoms with Gasteiger partial charge in [-0.15, -0.1) is 0 Å². The first-order valence-corrected chi connectivity index (χ1v) is 5.85. The van der Waals surface area contributed by atoms with Gasteiger partial charge in [0.1, 0.15) is 11.5 Å². The van der Waals surface area contributed by atoms with E-state index in [1.54, 1.807) is 19.2 Å². The van der Waals surface area contributed by atoms with Crippen molar-refractivity contribution >= 4 is 0 Å². The fourth-order valence-corrected chi connectivity index (χ4v) is 2.55. The molecular weight excluding hydrogens is 202 g/mol. The molecule has 16 heavy (non-hydrogen) atoms. The minimum absolute atomic E-state index is 0.0260. The van der Waals surface area contributed by atoms with Crippen LogP contribution >= 0.6 is 0 Å². The number of aromatic hydroxyl groups is 1. The van der Waals surface area contributed by atoms with Crippen LogP contribution in [-0.4, -0.2) is 12.2 Å². The zero-order valence-corrected chi connectivity index (χ0v) is 9.65. The first kappa shape index (κ1) is 11.3. The van der Waals surface area contributed by atoms with E-state index in [0.29, 0.717) is 11.7 Å². The monoisotopic (exact) mass is 221 g/mol. The summed E-state index contributed by atoms with van der Waals surface area (Å²) < 4.78 is 5.27.